The SMILES string of the molecule is COc1ccc(-c2noc(CN3CCN(S(=O)(=O)c4ccc(C)c(C)c4)CC3)n2)cc1. The summed E-state index contributed by atoms with van der Waals surface area (Å²) in [5.41, 5.74) is 2.90. The molecule has 8 nitrogen and oxygen atoms in total. The third kappa shape index (κ3) is 4.63. The second-order valence-corrected chi connectivity index (χ2v) is 9.60. The second-order valence-electron chi connectivity index (χ2n) is 7.67. The van der Waals surface area contributed by atoms with Gasteiger partial charge in [0.1, 0.15) is 5.75 Å². The second kappa shape index (κ2) is 8.78. The Morgan fingerprint density at radius 2 is 1.71 bits per heavy atom. The van der Waals surface area contributed by atoms with E-state index in [-0.39, 0.29) is 0 Å². The summed E-state index contributed by atoms with van der Waals surface area (Å²) in [6, 6.07) is 12.7. The molecule has 31 heavy (non-hydrogen) atoms. The third-order valence-corrected chi connectivity index (χ3v) is 7.52. The number of aromatic nitrogens is 2. The van der Waals surface area contributed by atoms with E-state index in [0.717, 1.165) is 22.4 Å². The van der Waals surface area contributed by atoms with Gasteiger partial charge in [-0.05, 0) is 61.4 Å². The maximum absolute atomic E-state index is 13.0. The fourth-order valence-corrected chi connectivity index (χ4v) is 5.03. The first kappa shape index (κ1) is 21.5. The predicted molar refractivity (Wildman–Crippen MR) is 116 cm³/mol. The van der Waals surface area contributed by atoms with E-state index < -0.39 is 10.0 Å². The van der Waals surface area contributed by atoms with E-state index in [4.69, 9.17) is 9.26 Å². The van der Waals surface area contributed by atoms with Crippen molar-refractivity contribution >= 4 is 10.0 Å². The molecule has 1 saturated heterocycles. The van der Waals surface area contributed by atoms with Gasteiger partial charge in [-0.3, -0.25) is 4.90 Å². The van der Waals surface area contributed by atoms with Gasteiger partial charge in [-0.2, -0.15) is 9.29 Å². The fourth-order valence-electron chi connectivity index (χ4n) is 3.52. The van der Waals surface area contributed by atoms with Crippen LogP contribution in [-0.2, 0) is 16.6 Å². The van der Waals surface area contributed by atoms with Gasteiger partial charge in [0.25, 0.3) is 0 Å². The summed E-state index contributed by atoms with van der Waals surface area (Å²) < 4.78 is 38.1. The van der Waals surface area contributed by atoms with Crippen molar-refractivity contribution < 1.29 is 17.7 Å². The quantitative estimate of drug-likeness (QED) is 0.580. The lowest BCUT2D eigenvalue weighted by atomic mass is 10.1. The van der Waals surface area contributed by atoms with Crippen molar-refractivity contribution in [1.82, 2.24) is 19.3 Å². The number of rotatable bonds is 6. The molecule has 0 N–H and O–H groups in total. The molecule has 0 radical (unpaired) electrons. The minimum atomic E-state index is -3.49. The van der Waals surface area contributed by atoms with Gasteiger partial charge in [0.05, 0.1) is 18.6 Å². The summed E-state index contributed by atoms with van der Waals surface area (Å²) in [5.74, 6) is 1.80. The van der Waals surface area contributed by atoms with Crippen molar-refractivity contribution in [2.24, 2.45) is 0 Å². The van der Waals surface area contributed by atoms with Crippen LogP contribution in [0.3, 0.4) is 0 Å². The van der Waals surface area contributed by atoms with Crippen LogP contribution in [-0.4, -0.2) is 61.1 Å². The van der Waals surface area contributed by atoms with Gasteiger partial charge in [-0.25, -0.2) is 8.42 Å². The van der Waals surface area contributed by atoms with Crippen LogP contribution in [0.1, 0.15) is 17.0 Å². The Morgan fingerprint density at radius 1 is 1.00 bits per heavy atom. The molecular formula is C22H26N4O4S. The molecule has 0 unspecified atom stereocenters. The monoisotopic (exact) mass is 442 g/mol. The van der Waals surface area contributed by atoms with Gasteiger partial charge in [0, 0.05) is 31.7 Å². The third-order valence-electron chi connectivity index (χ3n) is 5.62. The smallest absolute Gasteiger partial charge is 0.243 e. The molecule has 164 valence electrons. The van der Waals surface area contributed by atoms with E-state index in [1.165, 1.54) is 0 Å². The molecule has 2 aromatic carbocycles. The first-order chi connectivity index (χ1) is 14.9. The number of nitrogens with zero attached hydrogens (tertiary/aromatic N) is 4. The maximum atomic E-state index is 13.0. The van der Waals surface area contributed by atoms with Gasteiger partial charge in [0.15, 0.2) is 0 Å². The van der Waals surface area contributed by atoms with Crippen LogP contribution in [0.5, 0.6) is 5.75 Å². The highest BCUT2D eigenvalue weighted by Gasteiger charge is 2.29. The summed E-state index contributed by atoms with van der Waals surface area (Å²) in [5, 5.41) is 4.06. The topological polar surface area (TPSA) is 88.8 Å². The molecular weight excluding hydrogens is 416 g/mol. The largest absolute Gasteiger partial charge is 0.497 e. The van der Waals surface area contributed by atoms with Crippen molar-refractivity contribution in [2.45, 2.75) is 25.3 Å². The molecule has 1 aliphatic heterocycles. The Kier molecular flexibility index (Phi) is 6.08. The van der Waals surface area contributed by atoms with E-state index >= 15 is 0 Å². The molecule has 1 aromatic heterocycles. The normalized spacial score (nSPS) is 15.8. The molecule has 3 aromatic rings. The van der Waals surface area contributed by atoms with Crippen molar-refractivity contribution in [1.29, 1.82) is 0 Å². The molecule has 1 aliphatic rings. The minimum absolute atomic E-state index is 0.352. The summed E-state index contributed by atoms with van der Waals surface area (Å²) in [4.78, 5) is 6.95. The van der Waals surface area contributed by atoms with Crippen molar-refractivity contribution in [3.8, 4) is 17.1 Å². The number of hydrogen-bond donors (Lipinski definition) is 0. The van der Waals surface area contributed by atoms with E-state index in [1.807, 2.05) is 44.2 Å². The average molecular weight is 443 g/mol. The zero-order valence-electron chi connectivity index (χ0n) is 17.9. The first-order valence-corrected chi connectivity index (χ1v) is 11.6. The van der Waals surface area contributed by atoms with Gasteiger partial charge in [0.2, 0.25) is 21.7 Å². The van der Waals surface area contributed by atoms with Crippen LogP contribution >= 0.6 is 0 Å². The Labute approximate surface area is 182 Å². The molecule has 0 saturated carbocycles. The van der Waals surface area contributed by atoms with E-state index in [9.17, 15) is 8.42 Å². The van der Waals surface area contributed by atoms with Crippen molar-refractivity contribution in [3.05, 3.63) is 59.5 Å². The number of aryl methyl sites for hydroxylation is 2. The van der Waals surface area contributed by atoms with E-state index in [0.29, 0.717) is 49.3 Å². The standard InChI is InChI=1S/C22H26N4O4S/c1-16-4-9-20(14-17(16)2)31(27,28)26-12-10-25(11-13-26)15-21-23-22(24-30-21)18-5-7-19(29-3)8-6-18/h4-9,14H,10-13,15H2,1-3H3. The number of ether oxygens (including phenoxy) is 1. The molecule has 0 atom stereocenters. The number of methoxy groups -OCH3 is 1. The molecule has 1 fully saturated rings. The summed E-state index contributed by atoms with van der Waals surface area (Å²) in [6.07, 6.45) is 0. The van der Waals surface area contributed by atoms with Crippen LogP contribution in [0.2, 0.25) is 0 Å². The number of piperazine rings is 1. The lowest BCUT2D eigenvalue weighted by molar-refractivity contribution is 0.163. The van der Waals surface area contributed by atoms with Crippen LogP contribution in [0.25, 0.3) is 11.4 Å². The van der Waals surface area contributed by atoms with Crippen molar-refractivity contribution in [3.63, 3.8) is 0 Å². The summed E-state index contributed by atoms with van der Waals surface area (Å²) in [6.45, 7) is 6.44. The lowest BCUT2D eigenvalue weighted by Crippen LogP contribution is -2.48. The van der Waals surface area contributed by atoms with E-state index in [1.54, 1.807) is 23.5 Å². The Bertz CT molecular complexity index is 1150. The minimum Gasteiger partial charge on any atom is -0.497 e. The molecule has 9 heteroatoms. The molecule has 0 amide bonds. The Hall–Kier alpha value is -2.75. The average Bonchev–Trinajstić information content (AvgIpc) is 3.24. The van der Waals surface area contributed by atoms with Gasteiger partial charge < -0.3 is 9.26 Å². The molecule has 0 bridgehead atoms. The Balaban J connectivity index is 1.37. The van der Waals surface area contributed by atoms with Crippen molar-refractivity contribution in [2.75, 3.05) is 33.3 Å². The lowest BCUT2D eigenvalue weighted by Gasteiger charge is -2.33. The van der Waals surface area contributed by atoms with Gasteiger partial charge >= 0.3 is 0 Å². The number of hydrogen-bond acceptors (Lipinski definition) is 7. The van der Waals surface area contributed by atoms with Crippen LogP contribution in [0, 0.1) is 13.8 Å². The van der Waals surface area contributed by atoms with Gasteiger partial charge in [-0.1, -0.05) is 11.2 Å². The molecule has 4 rings (SSSR count). The Morgan fingerprint density at radius 3 is 2.35 bits per heavy atom. The molecule has 0 aliphatic carbocycles. The molecule has 2 heterocycles. The van der Waals surface area contributed by atoms with Crippen LogP contribution in [0.15, 0.2) is 51.9 Å². The molecule has 0 spiro atoms. The number of sulfonamides is 1. The van der Waals surface area contributed by atoms with Gasteiger partial charge in [-0.15, -0.1) is 0 Å². The highest BCUT2D eigenvalue weighted by molar-refractivity contribution is 7.89. The predicted octanol–water partition coefficient (Wildman–Crippen LogP) is 2.87. The first-order valence-electron chi connectivity index (χ1n) is 10.1. The zero-order valence-corrected chi connectivity index (χ0v) is 18.7. The van der Waals surface area contributed by atoms with Crippen LogP contribution in [0.4, 0.5) is 0 Å². The zero-order chi connectivity index (χ0) is 22.0. The van der Waals surface area contributed by atoms with E-state index in [2.05, 4.69) is 15.0 Å². The summed E-state index contributed by atoms with van der Waals surface area (Å²) in [7, 11) is -1.87. The highest BCUT2D eigenvalue weighted by Crippen LogP contribution is 2.22. The fraction of sp³-hybridized carbons (Fsp3) is 0.364. The highest BCUT2D eigenvalue weighted by atomic mass is 32.2. The summed E-state index contributed by atoms with van der Waals surface area (Å²) >= 11 is 0. The number of benzene rings is 2. The van der Waals surface area contributed by atoms with Crippen LogP contribution < -0.4 is 4.74 Å². The maximum Gasteiger partial charge on any atom is 0.243 e.